The molecule has 0 aromatic heterocycles. The van der Waals surface area contributed by atoms with Crippen LogP contribution in [0, 0.1) is 11.8 Å². The first-order chi connectivity index (χ1) is 25.3. The average molecular weight is 737 g/mol. The van der Waals surface area contributed by atoms with Gasteiger partial charge in [0.1, 0.15) is 13.2 Å². The molecule has 308 valence electrons. The molecule has 0 saturated carbocycles. The summed E-state index contributed by atoms with van der Waals surface area (Å²) in [6.07, 6.45) is 36.7. The van der Waals surface area contributed by atoms with Crippen LogP contribution in [0.1, 0.15) is 247 Å². The summed E-state index contributed by atoms with van der Waals surface area (Å²) in [7, 11) is 0. The van der Waals surface area contributed by atoms with Crippen LogP contribution in [0.5, 0.6) is 0 Å². The highest BCUT2D eigenvalue weighted by Crippen LogP contribution is 2.17. The van der Waals surface area contributed by atoms with E-state index in [1.165, 1.54) is 135 Å². The van der Waals surface area contributed by atoms with Crippen LogP contribution in [0.4, 0.5) is 0 Å². The Kier molecular flexibility index (Phi) is 37.9. The van der Waals surface area contributed by atoms with E-state index in [-0.39, 0.29) is 31.1 Å². The fourth-order valence-corrected chi connectivity index (χ4v) is 6.72. The molecular formula is C46H88O6. The van der Waals surface area contributed by atoms with Gasteiger partial charge in [-0.05, 0) is 31.1 Å². The van der Waals surface area contributed by atoms with Crippen molar-refractivity contribution in [1.82, 2.24) is 0 Å². The summed E-state index contributed by atoms with van der Waals surface area (Å²) in [4.78, 5) is 37.6. The van der Waals surface area contributed by atoms with Crippen LogP contribution in [0.2, 0.25) is 0 Å². The number of rotatable bonds is 40. The van der Waals surface area contributed by atoms with Gasteiger partial charge in [-0.15, -0.1) is 0 Å². The van der Waals surface area contributed by atoms with Gasteiger partial charge in [0.15, 0.2) is 6.10 Å². The van der Waals surface area contributed by atoms with Crippen LogP contribution in [-0.4, -0.2) is 37.2 Å². The van der Waals surface area contributed by atoms with Crippen LogP contribution in [0.3, 0.4) is 0 Å². The first-order valence-corrected chi connectivity index (χ1v) is 22.8. The molecule has 0 aliphatic heterocycles. The summed E-state index contributed by atoms with van der Waals surface area (Å²) in [5.74, 6) is 0.792. The van der Waals surface area contributed by atoms with E-state index in [9.17, 15) is 14.4 Å². The largest absolute Gasteiger partial charge is 0.462 e. The Morgan fingerprint density at radius 2 is 0.731 bits per heavy atom. The Hall–Kier alpha value is -1.59. The van der Waals surface area contributed by atoms with Gasteiger partial charge < -0.3 is 14.2 Å². The van der Waals surface area contributed by atoms with Crippen LogP contribution in [-0.2, 0) is 28.6 Å². The second kappa shape index (κ2) is 39.1. The van der Waals surface area contributed by atoms with Gasteiger partial charge in [0, 0.05) is 19.3 Å². The average Bonchev–Trinajstić information content (AvgIpc) is 3.12. The van der Waals surface area contributed by atoms with Crippen molar-refractivity contribution in [2.24, 2.45) is 11.8 Å². The van der Waals surface area contributed by atoms with E-state index in [1.54, 1.807) is 0 Å². The smallest absolute Gasteiger partial charge is 0.306 e. The third-order valence-electron chi connectivity index (χ3n) is 10.6. The Morgan fingerprint density at radius 1 is 0.404 bits per heavy atom. The van der Waals surface area contributed by atoms with Crippen LogP contribution in [0.15, 0.2) is 0 Å². The van der Waals surface area contributed by atoms with Gasteiger partial charge in [-0.2, -0.15) is 0 Å². The van der Waals surface area contributed by atoms with Crippen molar-refractivity contribution >= 4 is 17.9 Å². The predicted molar refractivity (Wildman–Crippen MR) is 220 cm³/mol. The van der Waals surface area contributed by atoms with Crippen molar-refractivity contribution in [3.8, 4) is 0 Å². The van der Waals surface area contributed by atoms with Gasteiger partial charge in [0.25, 0.3) is 0 Å². The molecule has 1 unspecified atom stereocenters. The van der Waals surface area contributed by atoms with E-state index < -0.39 is 6.10 Å². The number of ether oxygens (including phenoxy) is 3. The lowest BCUT2D eigenvalue weighted by atomic mass is 10.00. The number of carbonyl (C=O) groups is 3. The van der Waals surface area contributed by atoms with Crippen molar-refractivity contribution in [3.05, 3.63) is 0 Å². The van der Waals surface area contributed by atoms with Crippen LogP contribution >= 0.6 is 0 Å². The molecule has 2 atom stereocenters. The number of unbranched alkanes of at least 4 members (excludes halogenated alkanes) is 24. The van der Waals surface area contributed by atoms with Gasteiger partial charge in [-0.3, -0.25) is 14.4 Å². The predicted octanol–water partition coefficient (Wildman–Crippen LogP) is 14.2. The second-order valence-corrected chi connectivity index (χ2v) is 16.4. The third kappa shape index (κ3) is 38.1. The first kappa shape index (κ1) is 50.4. The van der Waals surface area contributed by atoms with E-state index in [0.29, 0.717) is 19.3 Å². The molecule has 0 amide bonds. The van der Waals surface area contributed by atoms with Crippen LogP contribution < -0.4 is 0 Å². The minimum atomic E-state index is -0.759. The number of hydrogen-bond donors (Lipinski definition) is 0. The summed E-state index contributed by atoms with van der Waals surface area (Å²) in [5, 5.41) is 0. The highest BCUT2D eigenvalue weighted by molar-refractivity contribution is 5.71. The quantitative estimate of drug-likeness (QED) is 0.0354. The normalized spacial score (nSPS) is 12.6. The summed E-state index contributed by atoms with van der Waals surface area (Å²) >= 11 is 0. The van der Waals surface area contributed by atoms with Crippen molar-refractivity contribution < 1.29 is 28.6 Å². The number of hydrogen-bond acceptors (Lipinski definition) is 6. The lowest BCUT2D eigenvalue weighted by molar-refractivity contribution is -0.167. The number of esters is 3. The molecule has 0 aromatic carbocycles. The van der Waals surface area contributed by atoms with Gasteiger partial charge in [-0.25, -0.2) is 0 Å². The summed E-state index contributed by atoms with van der Waals surface area (Å²) < 4.78 is 16.6. The molecule has 0 aliphatic carbocycles. The highest BCUT2D eigenvalue weighted by Gasteiger charge is 2.19. The molecule has 52 heavy (non-hydrogen) atoms. The third-order valence-corrected chi connectivity index (χ3v) is 10.6. The zero-order valence-corrected chi connectivity index (χ0v) is 35.4. The van der Waals surface area contributed by atoms with E-state index in [1.807, 2.05) is 0 Å². The molecule has 0 heterocycles. The Bertz CT molecular complexity index is 796. The lowest BCUT2D eigenvalue weighted by Crippen LogP contribution is -2.30. The first-order valence-electron chi connectivity index (χ1n) is 22.8. The monoisotopic (exact) mass is 737 g/mol. The van der Waals surface area contributed by atoms with Gasteiger partial charge in [-0.1, -0.05) is 208 Å². The summed E-state index contributed by atoms with van der Waals surface area (Å²) in [6, 6.07) is 0. The lowest BCUT2D eigenvalue weighted by Gasteiger charge is -2.18. The summed E-state index contributed by atoms with van der Waals surface area (Å²) in [6.45, 7) is 11.3. The fraction of sp³-hybridized carbons (Fsp3) is 0.935. The molecule has 0 radical (unpaired) electrons. The van der Waals surface area contributed by atoms with Crippen molar-refractivity contribution in [1.29, 1.82) is 0 Å². The molecule has 0 fully saturated rings. The molecule has 0 N–H and O–H groups in total. The van der Waals surface area contributed by atoms with Crippen molar-refractivity contribution in [2.75, 3.05) is 13.2 Å². The second-order valence-electron chi connectivity index (χ2n) is 16.4. The molecular weight excluding hydrogens is 649 g/mol. The molecule has 6 heteroatoms. The maximum atomic E-state index is 12.7. The maximum Gasteiger partial charge on any atom is 0.306 e. The molecule has 0 aromatic rings. The van der Waals surface area contributed by atoms with E-state index in [2.05, 4.69) is 34.6 Å². The molecule has 0 spiro atoms. The fourth-order valence-electron chi connectivity index (χ4n) is 6.72. The topological polar surface area (TPSA) is 78.9 Å². The molecule has 0 aliphatic rings. The number of carbonyl (C=O) groups excluding carboxylic acids is 3. The summed E-state index contributed by atoms with van der Waals surface area (Å²) in [5.41, 5.74) is 0. The van der Waals surface area contributed by atoms with Gasteiger partial charge >= 0.3 is 17.9 Å². The molecule has 6 nitrogen and oxygen atoms in total. The van der Waals surface area contributed by atoms with Gasteiger partial charge in [0.05, 0.1) is 0 Å². The van der Waals surface area contributed by atoms with E-state index in [4.69, 9.17) is 14.2 Å². The molecule has 0 rings (SSSR count). The Balaban J connectivity index is 4.24. The minimum absolute atomic E-state index is 0.0662. The van der Waals surface area contributed by atoms with Crippen molar-refractivity contribution in [2.45, 2.75) is 253 Å². The van der Waals surface area contributed by atoms with E-state index >= 15 is 0 Å². The van der Waals surface area contributed by atoms with Crippen LogP contribution in [0.25, 0.3) is 0 Å². The zero-order valence-electron chi connectivity index (χ0n) is 35.4. The Morgan fingerprint density at radius 3 is 1.10 bits per heavy atom. The zero-order chi connectivity index (χ0) is 38.3. The minimum Gasteiger partial charge on any atom is -0.462 e. The maximum absolute atomic E-state index is 12.7. The highest BCUT2D eigenvalue weighted by atomic mass is 16.6. The SMILES string of the molecule is CCCCCCCCCC(=O)OC[C@@H](COC(=O)CCCCCCCCC(C)CC)OC(=O)CCCCCCCCCCCCCCCCC(C)C. The van der Waals surface area contributed by atoms with Gasteiger partial charge in [0.2, 0.25) is 0 Å². The Labute approximate surface area is 323 Å². The van der Waals surface area contributed by atoms with E-state index in [0.717, 1.165) is 69.6 Å². The molecule has 0 bridgehead atoms. The molecule has 0 saturated heterocycles. The standard InChI is InChI=1S/C46H88O6/c1-6-8-9-10-19-26-31-36-44(47)50-39-43(40-51-45(48)37-32-27-23-22-25-30-35-42(5)7-2)52-46(49)38-33-28-21-18-16-14-12-11-13-15-17-20-24-29-34-41(3)4/h41-43H,6-40H2,1-5H3/t42?,43-/m0/s1. The van der Waals surface area contributed by atoms with Crippen molar-refractivity contribution in [3.63, 3.8) is 0 Å².